The van der Waals surface area contributed by atoms with Crippen LogP contribution in [0.15, 0.2) is 30.0 Å². The minimum atomic E-state index is -1.47. The number of allylic oxidation sites excluding steroid dienone is 2. The lowest BCUT2D eigenvalue weighted by Crippen LogP contribution is -2.66. The van der Waals surface area contributed by atoms with Crippen molar-refractivity contribution < 1.29 is 0 Å². The third-order valence-corrected chi connectivity index (χ3v) is 8.83. The molecule has 1 aromatic carbocycles. The molecular formula is C24H34Si. The van der Waals surface area contributed by atoms with Gasteiger partial charge in [0.25, 0.3) is 0 Å². The summed E-state index contributed by atoms with van der Waals surface area (Å²) in [6.45, 7) is 23.7. The molecule has 2 aliphatic rings. The molecule has 1 spiro atoms. The van der Waals surface area contributed by atoms with Gasteiger partial charge in [-0.3, -0.25) is 0 Å². The Bertz CT molecular complexity index is 780. The van der Waals surface area contributed by atoms with E-state index in [-0.39, 0.29) is 5.41 Å². The first-order valence-electron chi connectivity index (χ1n) is 9.59. The van der Waals surface area contributed by atoms with Crippen LogP contribution in [0, 0.1) is 10.8 Å². The Morgan fingerprint density at radius 3 is 2.08 bits per heavy atom. The quantitative estimate of drug-likeness (QED) is 0.500. The fourth-order valence-electron chi connectivity index (χ4n) is 6.50. The predicted molar refractivity (Wildman–Crippen MR) is 116 cm³/mol. The predicted octanol–water partition coefficient (Wildman–Crippen LogP) is 7.33. The second-order valence-corrected chi connectivity index (χ2v) is 15.3. The number of hydrogen-bond acceptors (Lipinski definition) is 0. The van der Waals surface area contributed by atoms with E-state index in [4.69, 9.17) is 0 Å². The molecular weight excluding hydrogens is 316 g/mol. The van der Waals surface area contributed by atoms with Gasteiger partial charge in [-0.1, -0.05) is 95.5 Å². The monoisotopic (exact) mass is 350 g/mol. The highest BCUT2D eigenvalue weighted by Crippen LogP contribution is 2.75. The van der Waals surface area contributed by atoms with Crippen molar-refractivity contribution in [3.63, 3.8) is 0 Å². The van der Waals surface area contributed by atoms with Crippen molar-refractivity contribution in [2.24, 2.45) is 10.8 Å². The van der Waals surface area contributed by atoms with Gasteiger partial charge in [0, 0.05) is 5.41 Å². The first-order valence-corrected chi connectivity index (χ1v) is 13.1. The molecule has 0 atom stereocenters. The van der Waals surface area contributed by atoms with Gasteiger partial charge in [-0.15, -0.1) is 0 Å². The fraction of sp³-hybridized carbons (Fsp3) is 0.500. The van der Waals surface area contributed by atoms with Crippen LogP contribution in [-0.4, -0.2) is 8.07 Å². The highest BCUT2D eigenvalue weighted by atomic mass is 28.3. The van der Waals surface area contributed by atoms with E-state index in [1.165, 1.54) is 23.1 Å². The molecule has 1 aromatic rings. The first kappa shape index (κ1) is 18.4. The Balaban J connectivity index is 2.41. The van der Waals surface area contributed by atoms with E-state index >= 15 is 0 Å². The Morgan fingerprint density at radius 2 is 1.64 bits per heavy atom. The van der Waals surface area contributed by atoms with Gasteiger partial charge in [0.15, 0.2) is 0 Å². The topological polar surface area (TPSA) is 0 Å². The fourth-order valence-corrected chi connectivity index (χ4v) is 9.02. The second kappa shape index (κ2) is 5.33. The van der Waals surface area contributed by atoms with Gasteiger partial charge in [0.2, 0.25) is 0 Å². The van der Waals surface area contributed by atoms with Crippen LogP contribution in [0.5, 0.6) is 0 Å². The van der Waals surface area contributed by atoms with Crippen molar-refractivity contribution in [1.82, 2.24) is 0 Å². The van der Waals surface area contributed by atoms with Gasteiger partial charge in [0.05, 0.1) is 8.07 Å². The summed E-state index contributed by atoms with van der Waals surface area (Å²) >= 11 is 0. The summed E-state index contributed by atoms with van der Waals surface area (Å²) in [5, 5.41) is 1.73. The number of hydrogen-bond donors (Lipinski definition) is 0. The van der Waals surface area contributed by atoms with E-state index in [9.17, 15) is 0 Å². The molecule has 0 saturated heterocycles. The zero-order valence-electron chi connectivity index (χ0n) is 17.4. The summed E-state index contributed by atoms with van der Waals surface area (Å²) in [4.78, 5) is 0. The van der Waals surface area contributed by atoms with Gasteiger partial charge < -0.3 is 0 Å². The molecule has 1 saturated carbocycles. The Morgan fingerprint density at radius 1 is 1.04 bits per heavy atom. The SMILES string of the molecule is C=Cc1c(/C=C/C)ccc2c1C=C([Si](C)(C)C)C21C(C)(C)CC1(C)C. The van der Waals surface area contributed by atoms with Crippen molar-refractivity contribution in [1.29, 1.82) is 0 Å². The third kappa shape index (κ3) is 2.18. The van der Waals surface area contributed by atoms with Crippen molar-refractivity contribution in [2.75, 3.05) is 0 Å². The Kier molecular flexibility index (Phi) is 3.93. The van der Waals surface area contributed by atoms with Gasteiger partial charge in [-0.25, -0.2) is 0 Å². The summed E-state index contributed by atoms with van der Waals surface area (Å²) in [5.74, 6) is 0. The highest BCUT2D eigenvalue weighted by molar-refractivity contribution is 6.84. The maximum atomic E-state index is 4.15. The number of benzene rings is 1. The molecule has 0 bridgehead atoms. The van der Waals surface area contributed by atoms with E-state index in [1.807, 2.05) is 0 Å². The van der Waals surface area contributed by atoms with Gasteiger partial charge >= 0.3 is 0 Å². The maximum Gasteiger partial charge on any atom is 0.0736 e. The van der Waals surface area contributed by atoms with Gasteiger partial charge in [-0.05, 0) is 46.4 Å². The van der Waals surface area contributed by atoms with Crippen LogP contribution in [0.2, 0.25) is 19.6 Å². The third-order valence-electron chi connectivity index (χ3n) is 6.69. The molecule has 1 heteroatoms. The average Bonchev–Trinajstić information content (AvgIpc) is 2.85. The molecule has 0 radical (unpaired) electrons. The van der Waals surface area contributed by atoms with Crippen molar-refractivity contribution in [3.05, 3.63) is 52.2 Å². The molecule has 0 nitrogen and oxygen atoms in total. The molecule has 0 amide bonds. The molecule has 0 N–H and O–H groups in total. The summed E-state index contributed by atoms with van der Waals surface area (Å²) in [5.41, 5.74) is 6.35. The molecule has 25 heavy (non-hydrogen) atoms. The van der Waals surface area contributed by atoms with Crippen LogP contribution in [-0.2, 0) is 5.41 Å². The molecule has 0 aliphatic heterocycles. The second-order valence-electron chi connectivity index (χ2n) is 10.2. The minimum Gasteiger partial charge on any atom is -0.0984 e. The van der Waals surface area contributed by atoms with Crippen LogP contribution in [0.25, 0.3) is 18.2 Å². The maximum absolute atomic E-state index is 4.15. The lowest BCUT2D eigenvalue weighted by Gasteiger charge is -2.69. The van der Waals surface area contributed by atoms with Crippen molar-refractivity contribution in [2.45, 2.75) is 66.1 Å². The van der Waals surface area contributed by atoms with Crippen LogP contribution in [0.4, 0.5) is 0 Å². The van der Waals surface area contributed by atoms with Crippen LogP contribution in [0.1, 0.15) is 63.3 Å². The molecule has 134 valence electrons. The normalized spacial score (nSPS) is 22.6. The molecule has 1 fully saturated rings. The van der Waals surface area contributed by atoms with E-state index < -0.39 is 8.07 Å². The van der Waals surface area contributed by atoms with E-state index in [2.05, 4.69) is 97.3 Å². The highest BCUT2D eigenvalue weighted by Gasteiger charge is 2.70. The summed E-state index contributed by atoms with van der Waals surface area (Å²) in [6, 6.07) is 4.73. The van der Waals surface area contributed by atoms with Crippen molar-refractivity contribution in [3.8, 4) is 0 Å². The van der Waals surface area contributed by atoms with E-state index in [1.54, 1.807) is 10.8 Å². The number of rotatable bonds is 3. The van der Waals surface area contributed by atoms with Crippen LogP contribution >= 0.6 is 0 Å². The minimum absolute atomic E-state index is 0.173. The summed E-state index contributed by atoms with van der Waals surface area (Å²) in [7, 11) is -1.47. The molecule has 0 unspecified atom stereocenters. The smallest absolute Gasteiger partial charge is 0.0736 e. The van der Waals surface area contributed by atoms with Crippen LogP contribution in [0.3, 0.4) is 0 Å². The van der Waals surface area contributed by atoms with Crippen molar-refractivity contribution >= 4 is 26.3 Å². The summed E-state index contributed by atoms with van der Waals surface area (Å²) in [6.07, 6.45) is 10.2. The molecule has 0 heterocycles. The Labute approximate surface area is 155 Å². The first-order chi connectivity index (χ1) is 11.4. The average molecular weight is 351 g/mol. The van der Waals surface area contributed by atoms with E-state index in [0.717, 1.165) is 0 Å². The molecule has 0 aromatic heterocycles. The van der Waals surface area contributed by atoms with Gasteiger partial charge in [0.1, 0.15) is 0 Å². The molecule has 3 rings (SSSR count). The zero-order chi connectivity index (χ0) is 18.8. The van der Waals surface area contributed by atoms with Crippen LogP contribution < -0.4 is 0 Å². The Hall–Kier alpha value is -1.34. The molecule has 2 aliphatic carbocycles. The summed E-state index contributed by atoms with van der Waals surface area (Å²) < 4.78 is 0. The lowest BCUT2D eigenvalue weighted by molar-refractivity contribution is -0.0852. The standard InChI is InChI=1S/C24H34Si/c1-10-12-17-13-14-20-19(18(17)11-2)15-21(25(7,8)9)24(20)22(3,4)16-23(24,5)6/h10-15H,2,16H2,1,3-9H3/b12-10+. The zero-order valence-corrected chi connectivity index (χ0v) is 18.4. The lowest BCUT2D eigenvalue weighted by atomic mass is 9.37. The van der Waals surface area contributed by atoms with Gasteiger partial charge in [-0.2, -0.15) is 0 Å². The van der Waals surface area contributed by atoms with E-state index in [0.29, 0.717) is 10.8 Å². The largest absolute Gasteiger partial charge is 0.0984 e. The number of fused-ring (bicyclic) bond motifs is 2.